The third kappa shape index (κ3) is 3.84. The van der Waals surface area contributed by atoms with Crippen LogP contribution in [0.1, 0.15) is 45.0 Å². The van der Waals surface area contributed by atoms with Crippen molar-refractivity contribution in [2.45, 2.75) is 52.3 Å². The molecule has 0 radical (unpaired) electrons. The predicted molar refractivity (Wildman–Crippen MR) is 100 cm³/mol. The number of anilines is 1. The molecule has 0 spiro atoms. The summed E-state index contributed by atoms with van der Waals surface area (Å²) in [4.78, 5) is 31.9. The quantitative estimate of drug-likeness (QED) is 0.860. The van der Waals surface area contributed by atoms with Gasteiger partial charge >= 0.3 is 12.1 Å². The first kappa shape index (κ1) is 19.0. The number of rotatable bonds is 2. The number of carbonyl (C=O) groups is 2. The van der Waals surface area contributed by atoms with Crippen LogP contribution in [0.4, 0.5) is 10.8 Å². The highest BCUT2D eigenvalue weighted by Crippen LogP contribution is 2.29. The second-order valence-corrected chi connectivity index (χ2v) is 7.94. The third-order valence-electron chi connectivity index (χ3n) is 4.43. The fraction of sp³-hybridized carbons (Fsp3) is 0.526. The normalized spacial score (nSPS) is 20.8. The number of benzene rings is 1. The minimum Gasteiger partial charge on any atom is -0.478 e. The number of amides is 1. The van der Waals surface area contributed by atoms with E-state index >= 15 is 0 Å². The van der Waals surface area contributed by atoms with Crippen molar-refractivity contribution < 1.29 is 23.8 Å². The summed E-state index contributed by atoms with van der Waals surface area (Å²) in [6.45, 7) is 10.4. The summed E-state index contributed by atoms with van der Waals surface area (Å²) in [7, 11) is 0. The van der Waals surface area contributed by atoms with E-state index in [4.69, 9.17) is 9.15 Å². The van der Waals surface area contributed by atoms with Crippen LogP contribution in [0.25, 0.3) is 11.1 Å². The maximum Gasteiger partial charge on any atom is 0.410 e. The lowest BCUT2D eigenvalue weighted by Crippen LogP contribution is -2.59. The number of oxazole rings is 1. The first-order chi connectivity index (χ1) is 12.6. The molecule has 1 aromatic carbocycles. The van der Waals surface area contributed by atoms with Crippen molar-refractivity contribution in [3.8, 4) is 0 Å². The Morgan fingerprint density at radius 1 is 1.22 bits per heavy atom. The SMILES string of the molecule is C[C@@H]1CN(C(=O)OC(C)(C)C)C[C@@H](C)N1c1nc2c(C(=O)O)cccc2o1. The molecule has 8 nitrogen and oxygen atoms in total. The third-order valence-corrected chi connectivity index (χ3v) is 4.43. The van der Waals surface area contributed by atoms with Gasteiger partial charge in [0.25, 0.3) is 6.01 Å². The molecule has 1 amide bonds. The fourth-order valence-electron chi connectivity index (χ4n) is 3.40. The van der Waals surface area contributed by atoms with Crippen molar-refractivity contribution in [2.75, 3.05) is 18.0 Å². The molecule has 0 bridgehead atoms. The van der Waals surface area contributed by atoms with Crippen LogP contribution < -0.4 is 4.90 Å². The molecule has 1 aliphatic rings. The molecule has 3 rings (SSSR count). The summed E-state index contributed by atoms with van der Waals surface area (Å²) in [5, 5.41) is 9.34. The molecule has 1 saturated heterocycles. The van der Waals surface area contributed by atoms with Crippen molar-refractivity contribution in [1.82, 2.24) is 9.88 Å². The zero-order valence-electron chi connectivity index (χ0n) is 16.2. The van der Waals surface area contributed by atoms with Crippen LogP contribution in [0.5, 0.6) is 0 Å². The molecular formula is C19H25N3O5. The first-order valence-electron chi connectivity index (χ1n) is 8.96. The topological polar surface area (TPSA) is 96.1 Å². The molecule has 0 saturated carbocycles. The Balaban J connectivity index is 1.85. The van der Waals surface area contributed by atoms with Crippen LogP contribution in [0, 0.1) is 0 Å². The minimum absolute atomic E-state index is 0.0670. The number of hydrogen-bond donors (Lipinski definition) is 1. The Morgan fingerprint density at radius 2 is 1.85 bits per heavy atom. The molecule has 1 aliphatic heterocycles. The van der Waals surface area contributed by atoms with Gasteiger partial charge in [-0.25, -0.2) is 9.59 Å². The van der Waals surface area contributed by atoms with Crippen LogP contribution in [-0.2, 0) is 4.74 Å². The number of carbonyl (C=O) groups excluding carboxylic acids is 1. The number of carboxylic acids is 1. The number of fused-ring (bicyclic) bond motifs is 1. The number of carboxylic acid groups (broad SMARTS) is 1. The molecule has 1 N–H and O–H groups in total. The number of ether oxygens (including phenoxy) is 1. The molecule has 8 heteroatoms. The lowest BCUT2D eigenvalue weighted by Gasteiger charge is -2.43. The Hall–Kier alpha value is -2.77. The molecule has 1 fully saturated rings. The summed E-state index contributed by atoms with van der Waals surface area (Å²) in [5.74, 6) is -1.05. The monoisotopic (exact) mass is 375 g/mol. The van der Waals surface area contributed by atoms with Crippen LogP contribution in [0.15, 0.2) is 22.6 Å². The average Bonchev–Trinajstić information content (AvgIpc) is 2.95. The van der Waals surface area contributed by atoms with Gasteiger partial charge in [0, 0.05) is 25.2 Å². The Bertz CT molecular complexity index is 858. The van der Waals surface area contributed by atoms with E-state index in [1.165, 1.54) is 6.07 Å². The number of hydrogen-bond acceptors (Lipinski definition) is 6. The highest BCUT2D eigenvalue weighted by atomic mass is 16.6. The fourth-order valence-corrected chi connectivity index (χ4v) is 3.40. The van der Waals surface area contributed by atoms with E-state index in [0.29, 0.717) is 30.2 Å². The summed E-state index contributed by atoms with van der Waals surface area (Å²) < 4.78 is 11.3. The molecule has 146 valence electrons. The van der Waals surface area contributed by atoms with E-state index in [0.717, 1.165) is 0 Å². The largest absolute Gasteiger partial charge is 0.478 e. The Kier molecular flexibility index (Phi) is 4.75. The highest BCUT2D eigenvalue weighted by molar-refractivity contribution is 6.00. The van der Waals surface area contributed by atoms with Gasteiger partial charge in [0.15, 0.2) is 5.58 Å². The lowest BCUT2D eigenvalue weighted by atomic mass is 10.1. The highest BCUT2D eigenvalue weighted by Gasteiger charge is 2.36. The van der Waals surface area contributed by atoms with Gasteiger partial charge in [-0.05, 0) is 46.8 Å². The minimum atomic E-state index is -1.05. The van der Waals surface area contributed by atoms with Gasteiger partial charge < -0.3 is 24.1 Å². The van der Waals surface area contributed by atoms with Gasteiger partial charge in [-0.15, -0.1) is 0 Å². The van der Waals surface area contributed by atoms with Crippen LogP contribution in [0.2, 0.25) is 0 Å². The van der Waals surface area contributed by atoms with Gasteiger partial charge in [-0.2, -0.15) is 4.98 Å². The zero-order valence-corrected chi connectivity index (χ0v) is 16.2. The number of para-hydroxylation sites is 1. The number of piperazine rings is 1. The Morgan fingerprint density at radius 3 is 2.41 bits per heavy atom. The van der Waals surface area contributed by atoms with E-state index in [1.807, 2.05) is 39.5 Å². The first-order valence-corrected chi connectivity index (χ1v) is 8.96. The zero-order chi connectivity index (χ0) is 19.9. The van der Waals surface area contributed by atoms with E-state index in [1.54, 1.807) is 17.0 Å². The molecule has 0 aliphatic carbocycles. The van der Waals surface area contributed by atoms with Crippen molar-refractivity contribution >= 4 is 29.2 Å². The molecule has 1 aromatic heterocycles. The molecule has 27 heavy (non-hydrogen) atoms. The van der Waals surface area contributed by atoms with Crippen LogP contribution in [0.3, 0.4) is 0 Å². The molecule has 2 heterocycles. The number of aromatic nitrogens is 1. The molecule has 0 unspecified atom stereocenters. The van der Waals surface area contributed by atoms with Crippen molar-refractivity contribution in [3.63, 3.8) is 0 Å². The van der Waals surface area contributed by atoms with Gasteiger partial charge in [0.05, 0.1) is 5.56 Å². The van der Waals surface area contributed by atoms with E-state index in [2.05, 4.69) is 4.98 Å². The van der Waals surface area contributed by atoms with Gasteiger partial charge in [0.2, 0.25) is 0 Å². The number of nitrogens with zero attached hydrogens (tertiary/aromatic N) is 3. The smallest absolute Gasteiger partial charge is 0.410 e. The predicted octanol–water partition coefficient (Wildman–Crippen LogP) is 3.36. The molecular weight excluding hydrogens is 350 g/mol. The van der Waals surface area contributed by atoms with E-state index < -0.39 is 11.6 Å². The second kappa shape index (κ2) is 6.75. The molecule has 2 atom stereocenters. The van der Waals surface area contributed by atoms with E-state index in [9.17, 15) is 14.7 Å². The van der Waals surface area contributed by atoms with E-state index in [-0.39, 0.29) is 23.7 Å². The summed E-state index contributed by atoms with van der Waals surface area (Å²) in [5.41, 5.74) is 0.317. The lowest BCUT2D eigenvalue weighted by molar-refractivity contribution is 0.0189. The maximum atomic E-state index is 12.4. The van der Waals surface area contributed by atoms with Crippen LogP contribution in [-0.4, -0.2) is 57.8 Å². The average molecular weight is 375 g/mol. The van der Waals surface area contributed by atoms with Crippen LogP contribution >= 0.6 is 0 Å². The van der Waals surface area contributed by atoms with Gasteiger partial charge in [-0.1, -0.05) is 6.07 Å². The number of aromatic carboxylic acids is 1. The van der Waals surface area contributed by atoms with Gasteiger partial charge in [-0.3, -0.25) is 0 Å². The standard InChI is InChI=1S/C19H25N3O5/c1-11-9-21(18(25)27-19(3,4)5)10-12(2)22(11)17-20-15-13(16(23)24)7-6-8-14(15)26-17/h6-8,11-12H,9-10H2,1-5H3,(H,23,24)/t11-,12-/m1/s1. The summed E-state index contributed by atoms with van der Waals surface area (Å²) >= 11 is 0. The molecule has 2 aromatic rings. The van der Waals surface area contributed by atoms with Gasteiger partial charge in [0.1, 0.15) is 11.1 Å². The second-order valence-electron chi connectivity index (χ2n) is 7.94. The Labute approximate surface area is 157 Å². The van der Waals surface area contributed by atoms with Crippen molar-refractivity contribution in [1.29, 1.82) is 0 Å². The summed E-state index contributed by atoms with van der Waals surface area (Å²) in [6.07, 6.45) is -0.341. The summed E-state index contributed by atoms with van der Waals surface area (Å²) in [6, 6.07) is 5.07. The maximum absolute atomic E-state index is 12.4. The van der Waals surface area contributed by atoms with Crippen molar-refractivity contribution in [2.24, 2.45) is 0 Å². The van der Waals surface area contributed by atoms with Crippen molar-refractivity contribution in [3.05, 3.63) is 23.8 Å².